The van der Waals surface area contributed by atoms with Crippen LogP contribution in [0.2, 0.25) is 0 Å². The molecule has 5 nitrogen and oxygen atoms in total. The first-order valence-electron chi connectivity index (χ1n) is 12.2. The number of carbonyl (C=O) groups is 2. The molecule has 1 N–H and O–H groups in total. The van der Waals surface area contributed by atoms with Crippen LogP contribution in [0, 0.1) is 20.8 Å². The third-order valence-corrected chi connectivity index (χ3v) is 6.69. The van der Waals surface area contributed by atoms with E-state index >= 15 is 0 Å². The normalized spacial score (nSPS) is 14.7. The number of hydrogen-bond donors (Lipinski definition) is 1. The van der Waals surface area contributed by atoms with E-state index in [0.29, 0.717) is 19.4 Å². The summed E-state index contributed by atoms with van der Waals surface area (Å²) in [4.78, 5) is 28.3. The molecule has 178 valence electrons. The highest BCUT2D eigenvalue weighted by atomic mass is 16.5. The van der Waals surface area contributed by atoms with E-state index in [1.165, 1.54) is 0 Å². The number of nitrogens with one attached hydrogen (secondary N) is 1. The van der Waals surface area contributed by atoms with Gasteiger partial charge < -0.3 is 15.0 Å². The molecule has 1 aliphatic rings. The molecule has 0 radical (unpaired) electrons. The molecule has 2 amide bonds. The molecule has 0 aromatic heterocycles. The van der Waals surface area contributed by atoms with Crippen molar-refractivity contribution in [2.24, 2.45) is 0 Å². The number of benzene rings is 2. The number of hydrogen-bond acceptors (Lipinski definition) is 3. The Kier molecular flexibility index (Phi) is 8.93. The Balaban J connectivity index is 1.74. The van der Waals surface area contributed by atoms with Crippen LogP contribution in [0.15, 0.2) is 42.5 Å². The summed E-state index contributed by atoms with van der Waals surface area (Å²) in [6.07, 6.45) is 5.62. The van der Waals surface area contributed by atoms with Gasteiger partial charge in [0, 0.05) is 12.6 Å². The van der Waals surface area contributed by atoms with E-state index in [1.54, 1.807) is 4.90 Å². The first kappa shape index (κ1) is 24.8. The van der Waals surface area contributed by atoms with Gasteiger partial charge in [-0.05, 0) is 74.8 Å². The van der Waals surface area contributed by atoms with Gasteiger partial charge in [0.1, 0.15) is 11.8 Å². The SMILES string of the molecule is CC[C@H](C(=O)NC1CCCC1)N(CCc1ccccc1)C(=O)COc1cc(C)cc(C)c1C. The Hall–Kier alpha value is -2.82. The maximum Gasteiger partial charge on any atom is 0.261 e. The lowest BCUT2D eigenvalue weighted by molar-refractivity contribution is -0.142. The summed E-state index contributed by atoms with van der Waals surface area (Å²) >= 11 is 0. The quantitative estimate of drug-likeness (QED) is 0.560. The third kappa shape index (κ3) is 6.83. The zero-order valence-electron chi connectivity index (χ0n) is 20.5. The minimum absolute atomic E-state index is 0.0478. The van der Waals surface area contributed by atoms with E-state index in [2.05, 4.69) is 23.5 Å². The van der Waals surface area contributed by atoms with Crippen LogP contribution < -0.4 is 10.1 Å². The Morgan fingerprint density at radius 3 is 2.45 bits per heavy atom. The zero-order valence-corrected chi connectivity index (χ0v) is 20.5. The van der Waals surface area contributed by atoms with Crippen molar-refractivity contribution < 1.29 is 14.3 Å². The topological polar surface area (TPSA) is 58.6 Å². The van der Waals surface area contributed by atoms with Crippen LogP contribution in [0.25, 0.3) is 0 Å². The summed E-state index contributed by atoms with van der Waals surface area (Å²) in [7, 11) is 0. The van der Waals surface area contributed by atoms with E-state index in [9.17, 15) is 9.59 Å². The van der Waals surface area contributed by atoms with Crippen LogP contribution in [0.5, 0.6) is 5.75 Å². The van der Waals surface area contributed by atoms with Gasteiger partial charge in [0.05, 0.1) is 0 Å². The molecule has 0 heterocycles. The molecular weight excluding hydrogens is 412 g/mol. The second kappa shape index (κ2) is 11.9. The molecule has 2 aromatic rings. The summed E-state index contributed by atoms with van der Waals surface area (Å²) in [5, 5.41) is 3.19. The van der Waals surface area contributed by atoms with Crippen molar-refractivity contribution in [3.05, 3.63) is 64.7 Å². The van der Waals surface area contributed by atoms with Crippen molar-refractivity contribution in [2.45, 2.75) is 78.3 Å². The highest BCUT2D eigenvalue weighted by molar-refractivity contribution is 5.88. The van der Waals surface area contributed by atoms with Gasteiger partial charge in [-0.1, -0.05) is 56.2 Å². The first-order chi connectivity index (χ1) is 15.9. The summed E-state index contributed by atoms with van der Waals surface area (Å²) < 4.78 is 5.98. The molecule has 0 saturated heterocycles. The monoisotopic (exact) mass is 450 g/mol. The molecule has 5 heteroatoms. The maximum atomic E-state index is 13.4. The minimum Gasteiger partial charge on any atom is -0.483 e. The second-order valence-corrected chi connectivity index (χ2v) is 9.23. The van der Waals surface area contributed by atoms with Crippen molar-refractivity contribution >= 4 is 11.8 Å². The van der Waals surface area contributed by atoms with Crippen molar-refractivity contribution in [1.82, 2.24) is 10.2 Å². The van der Waals surface area contributed by atoms with E-state index in [4.69, 9.17) is 4.74 Å². The number of amides is 2. The number of rotatable bonds is 10. The largest absolute Gasteiger partial charge is 0.483 e. The van der Waals surface area contributed by atoms with Crippen molar-refractivity contribution in [1.29, 1.82) is 0 Å². The molecule has 1 saturated carbocycles. The van der Waals surface area contributed by atoms with E-state index in [0.717, 1.165) is 53.7 Å². The summed E-state index contributed by atoms with van der Waals surface area (Å²) in [6, 6.07) is 13.9. The van der Waals surface area contributed by atoms with E-state index in [-0.39, 0.29) is 24.5 Å². The zero-order chi connectivity index (χ0) is 23.8. The standard InChI is InChI=1S/C28H38N2O3/c1-5-25(28(32)29-24-13-9-10-14-24)30(16-15-23-11-7-6-8-12-23)27(31)19-33-26-18-20(2)17-21(3)22(26)4/h6-8,11-12,17-18,24-25H,5,9-10,13-16,19H2,1-4H3,(H,29,32)/t25-/m1/s1. The number of ether oxygens (including phenoxy) is 1. The van der Waals surface area contributed by atoms with Gasteiger partial charge in [0.2, 0.25) is 5.91 Å². The average molecular weight is 451 g/mol. The van der Waals surface area contributed by atoms with Gasteiger partial charge in [-0.2, -0.15) is 0 Å². The molecule has 0 aliphatic heterocycles. The van der Waals surface area contributed by atoms with Crippen LogP contribution in [0.1, 0.15) is 61.3 Å². The predicted octanol–water partition coefficient (Wildman–Crippen LogP) is 4.90. The molecule has 3 rings (SSSR count). The van der Waals surface area contributed by atoms with Crippen molar-refractivity contribution in [3.8, 4) is 5.75 Å². The van der Waals surface area contributed by atoms with E-state index < -0.39 is 6.04 Å². The maximum absolute atomic E-state index is 13.4. The lowest BCUT2D eigenvalue weighted by Crippen LogP contribution is -2.53. The number of carbonyl (C=O) groups excluding carboxylic acids is 2. The van der Waals surface area contributed by atoms with Crippen molar-refractivity contribution in [2.75, 3.05) is 13.2 Å². The van der Waals surface area contributed by atoms with E-state index in [1.807, 2.05) is 52.0 Å². The molecule has 1 aliphatic carbocycles. The predicted molar refractivity (Wildman–Crippen MR) is 132 cm³/mol. The fourth-order valence-electron chi connectivity index (χ4n) is 4.64. The smallest absolute Gasteiger partial charge is 0.261 e. The van der Waals surface area contributed by atoms with Crippen LogP contribution in [-0.4, -0.2) is 41.9 Å². The molecule has 1 fully saturated rings. The van der Waals surface area contributed by atoms with Crippen LogP contribution >= 0.6 is 0 Å². The first-order valence-corrected chi connectivity index (χ1v) is 12.2. The summed E-state index contributed by atoms with van der Waals surface area (Å²) in [6.45, 7) is 8.44. The highest BCUT2D eigenvalue weighted by Gasteiger charge is 2.30. The molecule has 33 heavy (non-hydrogen) atoms. The number of nitrogens with zero attached hydrogens (tertiary/aromatic N) is 1. The Morgan fingerprint density at radius 2 is 1.79 bits per heavy atom. The van der Waals surface area contributed by atoms with Gasteiger partial charge in [0.25, 0.3) is 5.91 Å². The van der Waals surface area contributed by atoms with Gasteiger partial charge in [0.15, 0.2) is 6.61 Å². The molecule has 0 bridgehead atoms. The van der Waals surface area contributed by atoms with Gasteiger partial charge in [-0.15, -0.1) is 0 Å². The Morgan fingerprint density at radius 1 is 1.09 bits per heavy atom. The Bertz CT molecular complexity index is 936. The van der Waals surface area contributed by atoms with Crippen LogP contribution in [-0.2, 0) is 16.0 Å². The van der Waals surface area contributed by atoms with Crippen LogP contribution in [0.3, 0.4) is 0 Å². The molecule has 2 aromatic carbocycles. The number of aryl methyl sites for hydroxylation is 2. The fourth-order valence-corrected chi connectivity index (χ4v) is 4.64. The Labute approximate surface area is 198 Å². The molecule has 0 unspecified atom stereocenters. The molecule has 1 atom stereocenters. The second-order valence-electron chi connectivity index (χ2n) is 9.23. The average Bonchev–Trinajstić information content (AvgIpc) is 3.31. The van der Waals surface area contributed by atoms with Gasteiger partial charge in [-0.3, -0.25) is 9.59 Å². The summed E-state index contributed by atoms with van der Waals surface area (Å²) in [5.74, 6) is 0.526. The molecular formula is C28H38N2O3. The summed E-state index contributed by atoms with van der Waals surface area (Å²) in [5.41, 5.74) is 4.42. The lowest BCUT2D eigenvalue weighted by Gasteiger charge is -2.31. The van der Waals surface area contributed by atoms with Crippen molar-refractivity contribution in [3.63, 3.8) is 0 Å². The highest BCUT2D eigenvalue weighted by Crippen LogP contribution is 2.24. The van der Waals surface area contributed by atoms with Crippen LogP contribution in [0.4, 0.5) is 0 Å². The van der Waals surface area contributed by atoms with Gasteiger partial charge >= 0.3 is 0 Å². The van der Waals surface area contributed by atoms with Gasteiger partial charge in [-0.25, -0.2) is 0 Å². The third-order valence-electron chi connectivity index (χ3n) is 6.69. The minimum atomic E-state index is -0.495. The lowest BCUT2D eigenvalue weighted by atomic mass is 10.1. The molecule has 0 spiro atoms. The fraction of sp³-hybridized carbons (Fsp3) is 0.500.